The molecule has 0 fully saturated rings. The van der Waals surface area contributed by atoms with Gasteiger partial charge in [0.2, 0.25) is 11.8 Å². The summed E-state index contributed by atoms with van der Waals surface area (Å²) >= 11 is 0. The van der Waals surface area contributed by atoms with Crippen LogP contribution in [-0.4, -0.2) is 24.5 Å². The average Bonchev–Trinajstić information content (AvgIpc) is 3.06. The largest absolute Gasteiger partial charge is 0.339 e. The van der Waals surface area contributed by atoms with Crippen molar-refractivity contribution in [1.82, 2.24) is 10.1 Å². The lowest BCUT2D eigenvalue weighted by Crippen LogP contribution is -2.12. The molecule has 152 valence electrons. The number of carbonyl (C=O) groups is 1. The third-order valence-corrected chi connectivity index (χ3v) is 5.91. The van der Waals surface area contributed by atoms with Crippen molar-refractivity contribution in [2.45, 2.75) is 44.3 Å². The van der Waals surface area contributed by atoms with Crippen LogP contribution in [0.5, 0.6) is 0 Å². The van der Waals surface area contributed by atoms with E-state index in [4.69, 9.17) is 4.52 Å². The maximum absolute atomic E-state index is 12.5. The number of nitrogens with zero attached hydrogens (tertiary/aromatic N) is 2. The molecule has 0 aliphatic carbocycles. The van der Waals surface area contributed by atoms with E-state index in [1.807, 2.05) is 39.0 Å². The van der Waals surface area contributed by atoms with Gasteiger partial charge in [-0.25, -0.2) is 8.42 Å². The maximum atomic E-state index is 12.5. The van der Waals surface area contributed by atoms with E-state index in [-0.39, 0.29) is 41.1 Å². The van der Waals surface area contributed by atoms with Gasteiger partial charge in [-0.2, -0.15) is 4.98 Å². The summed E-state index contributed by atoms with van der Waals surface area (Å²) in [7, 11) is -3.56. The topological polar surface area (TPSA) is 102 Å². The van der Waals surface area contributed by atoms with Crippen molar-refractivity contribution in [2.75, 3.05) is 5.32 Å². The Hall–Kier alpha value is -3.00. The molecule has 3 rings (SSSR count). The minimum Gasteiger partial charge on any atom is -0.339 e. The monoisotopic (exact) mass is 413 g/mol. The Morgan fingerprint density at radius 1 is 1.00 bits per heavy atom. The molecular weight excluding hydrogens is 390 g/mol. The van der Waals surface area contributed by atoms with Gasteiger partial charge in [-0.15, -0.1) is 0 Å². The van der Waals surface area contributed by atoms with Crippen molar-refractivity contribution in [3.05, 3.63) is 70.9 Å². The Balaban J connectivity index is 1.57. The summed E-state index contributed by atoms with van der Waals surface area (Å²) in [5, 5.41) is 6.57. The smallest absolute Gasteiger partial charge is 0.227 e. The van der Waals surface area contributed by atoms with E-state index in [1.54, 1.807) is 24.3 Å². The molecule has 2 aromatic carbocycles. The molecule has 0 aliphatic heterocycles. The fourth-order valence-electron chi connectivity index (χ4n) is 2.94. The number of hydrogen-bond acceptors (Lipinski definition) is 6. The van der Waals surface area contributed by atoms with Crippen LogP contribution in [0.1, 0.15) is 34.8 Å². The van der Waals surface area contributed by atoms with Crippen LogP contribution in [0.15, 0.2) is 51.9 Å². The molecule has 1 heterocycles. The molecule has 0 unspecified atom stereocenters. The SMILES string of the molecule is Cc1ccc(S(=O)(=O)Cc2noc(CCC(=O)Nc3cc(C)cc(C)c3)n2)cc1. The van der Waals surface area contributed by atoms with Crippen LogP contribution in [0.3, 0.4) is 0 Å². The fourth-order valence-corrected chi connectivity index (χ4v) is 4.11. The number of benzene rings is 2. The van der Waals surface area contributed by atoms with Crippen molar-refractivity contribution in [3.8, 4) is 0 Å². The highest BCUT2D eigenvalue weighted by Crippen LogP contribution is 2.17. The van der Waals surface area contributed by atoms with Crippen molar-refractivity contribution < 1.29 is 17.7 Å². The van der Waals surface area contributed by atoms with Crippen LogP contribution in [0.2, 0.25) is 0 Å². The number of rotatable bonds is 7. The first-order valence-electron chi connectivity index (χ1n) is 9.20. The molecule has 8 heteroatoms. The second kappa shape index (κ2) is 8.57. The van der Waals surface area contributed by atoms with E-state index < -0.39 is 9.84 Å². The number of hydrogen-bond donors (Lipinski definition) is 1. The van der Waals surface area contributed by atoms with Gasteiger partial charge in [-0.05, 0) is 56.2 Å². The predicted molar refractivity (Wildman–Crippen MR) is 109 cm³/mol. The van der Waals surface area contributed by atoms with Crippen LogP contribution in [0.25, 0.3) is 0 Å². The molecule has 0 radical (unpaired) electrons. The summed E-state index contributed by atoms with van der Waals surface area (Å²) in [5.74, 6) is -0.221. The highest BCUT2D eigenvalue weighted by molar-refractivity contribution is 7.90. The van der Waals surface area contributed by atoms with E-state index in [1.165, 1.54) is 0 Å². The summed E-state index contributed by atoms with van der Waals surface area (Å²) in [4.78, 5) is 16.5. The Morgan fingerprint density at radius 2 is 1.66 bits per heavy atom. The van der Waals surface area contributed by atoms with Crippen LogP contribution >= 0.6 is 0 Å². The van der Waals surface area contributed by atoms with Crippen LogP contribution in [0.4, 0.5) is 5.69 Å². The number of carbonyl (C=O) groups excluding carboxylic acids is 1. The summed E-state index contributed by atoms with van der Waals surface area (Å²) in [6.45, 7) is 5.82. The molecule has 0 saturated heterocycles. The summed E-state index contributed by atoms with van der Waals surface area (Å²) in [6, 6.07) is 12.4. The van der Waals surface area contributed by atoms with Gasteiger partial charge in [0.05, 0.1) is 4.90 Å². The summed E-state index contributed by atoms with van der Waals surface area (Å²) in [5.41, 5.74) is 3.85. The van der Waals surface area contributed by atoms with Gasteiger partial charge in [0.15, 0.2) is 15.7 Å². The Bertz CT molecular complexity index is 1100. The van der Waals surface area contributed by atoms with Gasteiger partial charge in [0.1, 0.15) is 5.75 Å². The van der Waals surface area contributed by atoms with Gasteiger partial charge in [-0.3, -0.25) is 4.79 Å². The first-order valence-corrected chi connectivity index (χ1v) is 10.9. The van der Waals surface area contributed by atoms with Crippen molar-refractivity contribution >= 4 is 21.4 Å². The predicted octanol–water partition coefficient (Wildman–Crippen LogP) is 3.54. The van der Waals surface area contributed by atoms with E-state index in [0.29, 0.717) is 0 Å². The Morgan fingerprint density at radius 3 is 2.31 bits per heavy atom. The first-order chi connectivity index (χ1) is 13.7. The Kier molecular flexibility index (Phi) is 6.12. The fraction of sp³-hybridized carbons (Fsp3) is 0.286. The van der Waals surface area contributed by atoms with E-state index in [2.05, 4.69) is 15.5 Å². The lowest BCUT2D eigenvalue weighted by atomic mass is 10.1. The van der Waals surface area contributed by atoms with Crippen molar-refractivity contribution in [1.29, 1.82) is 0 Å². The average molecular weight is 413 g/mol. The molecule has 1 amide bonds. The molecule has 7 nitrogen and oxygen atoms in total. The zero-order valence-electron chi connectivity index (χ0n) is 16.6. The maximum Gasteiger partial charge on any atom is 0.227 e. The lowest BCUT2D eigenvalue weighted by Gasteiger charge is -2.06. The van der Waals surface area contributed by atoms with Gasteiger partial charge in [-0.1, -0.05) is 28.9 Å². The molecule has 0 atom stereocenters. The number of aromatic nitrogens is 2. The molecule has 29 heavy (non-hydrogen) atoms. The first kappa shape index (κ1) is 20.7. The van der Waals surface area contributed by atoms with Gasteiger partial charge in [0, 0.05) is 18.5 Å². The summed E-state index contributed by atoms with van der Waals surface area (Å²) in [6.07, 6.45) is 0.382. The highest BCUT2D eigenvalue weighted by Gasteiger charge is 2.19. The normalized spacial score (nSPS) is 11.4. The van der Waals surface area contributed by atoms with Crippen LogP contribution in [-0.2, 0) is 26.8 Å². The molecule has 0 bridgehead atoms. The zero-order chi connectivity index (χ0) is 21.0. The number of aryl methyl sites for hydroxylation is 4. The van der Waals surface area contributed by atoms with Gasteiger partial charge >= 0.3 is 0 Å². The quantitative estimate of drug-likeness (QED) is 0.636. The number of nitrogens with one attached hydrogen (secondary N) is 1. The zero-order valence-corrected chi connectivity index (χ0v) is 17.4. The number of amides is 1. The highest BCUT2D eigenvalue weighted by atomic mass is 32.2. The second-order valence-corrected chi connectivity index (χ2v) is 9.09. The minimum absolute atomic E-state index is 0.0790. The summed E-state index contributed by atoms with van der Waals surface area (Å²) < 4.78 is 30.0. The molecular formula is C21H23N3O4S. The van der Waals surface area contributed by atoms with E-state index >= 15 is 0 Å². The molecule has 0 aliphatic rings. The van der Waals surface area contributed by atoms with E-state index in [9.17, 15) is 13.2 Å². The van der Waals surface area contributed by atoms with Crippen molar-refractivity contribution in [2.24, 2.45) is 0 Å². The third kappa shape index (κ3) is 5.74. The van der Waals surface area contributed by atoms with Crippen LogP contribution < -0.4 is 5.32 Å². The van der Waals surface area contributed by atoms with Crippen LogP contribution in [0, 0.1) is 20.8 Å². The van der Waals surface area contributed by atoms with Gasteiger partial charge < -0.3 is 9.84 Å². The van der Waals surface area contributed by atoms with Gasteiger partial charge in [0.25, 0.3) is 0 Å². The Labute approximate surface area is 170 Å². The molecule has 1 aromatic heterocycles. The number of anilines is 1. The van der Waals surface area contributed by atoms with Crippen molar-refractivity contribution in [3.63, 3.8) is 0 Å². The molecule has 3 aromatic rings. The molecule has 0 saturated carbocycles. The minimum atomic E-state index is -3.56. The molecule has 0 spiro atoms. The number of sulfone groups is 1. The third-order valence-electron chi connectivity index (χ3n) is 4.28. The standard InChI is InChI=1S/C21H23N3O4S/c1-14-4-6-18(7-5-14)29(26,27)13-19-23-21(28-24-19)9-8-20(25)22-17-11-15(2)10-16(3)12-17/h4-7,10-12H,8-9,13H2,1-3H3,(H,22,25). The second-order valence-electron chi connectivity index (χ2n) is 7.10. The molecule has 1 N–H and O–H groups in total. The lowest BCUT2D eigenvalue weighted by molar-refractivity contribution is -0.116. The van der Waals surface area contributed by atoms with E-state index in [0.717, 1.165) is 22.4 Å².